The smallest absolute Gasteiger partial charge is 0.272 e. The molecule has 0 atom stereocenters. The molecule has 6 heteroatoms. The second kappa shape index (κ2) is 9.00. The Hall–Kier alpha value is -4.32. The molecule has 4 aromatic rings. The summed E-state index contributed by atoms with van der Waals surface area (Å²) in [4.78, 5) is 30.1. The van der Waals surface area contributed by atoms with E-state index < -0.39 is 17.6 Å². The molecule has 0 radical (unpaired) electrons. The van der Waals surface area contributed by atoms with Crippen LogP contribution < -0.4 is 10.6 Å². The molecule has 152 valence electrons. The monoisotopic (exact) mass is 411 g/mol. The minimum Gasteiger partial charge on any atom is -0.319 e. The third-order valence-corrected chi connectivity index (χ3v) is 4.61. The Morgan fingerprint density at radius 2 is 1.58 bits per heavy atom. The zero-order chi connectivity index (χ0) is 21.6. The average molecular weight is 411 g/mol. The van der Waals surface area contributed by atoms with Crippen molar-refractivity contribution in [3.8, 4) is 0 Å². The van der Waals surface area contributed by atoms with Gasteiger partial charge in [0.05, 0.1) is 11.2 Å². The second-order valence-corrected chi connectivity index (χ2v) is 6.73. The molecular weight excluding hydrogens is 393 g/mol. The number of benzene rings is 3. The lowest BCUT2D eigenvalue weighted by Gasteiger charge is -2.12. The van der Waals surface area contributed by atoms with E-state index in [0.717, 1.165) is 5.39 Å². The van der Waals surface area contributed by atoms with Crippen molar-refractivity contribution in [1.82, 2.24) is 10.3 Å². The van der Waals surface area contributed by atoms with Crippen LogP contribution in [0.1, 0.15) is 15.9 Å². The molecule has 4 rings (SSSR count). The fourth-order valence-corrected chi connectivity index (χ4v) is 3.08. The number of nitrogens with one attached hydrogen (secondary N) is 2. The molecule has 3 aromatic carbocycles. The lowest BCUT2D eigenvalue weighted by Crippen LogP contribution is -2.30. The van der Waals surface area contributed by atoms with Crippen LogP contribution in [0.3, 0.4) is 0 Å². The first-order valence-corrected chi connectivity index (χ1v) is 9.59. The number of halogens is 1. The molecule has 0 aliphatic heterocycles. The van der Waals surface area contributed by atoms with Crippen LogP contribution in [0, 0.1) is 5.82 Å². The molecule has 31 heavy (non-hydrogen) atoms. The van der Waals surface area contributed by atoms with Crippen LogP contribution in [0.15, 0.2) is 96.8 Å². The molecule has 0 aliphatic rings. The maximum absolute atomic E-state index is 14.2. The first-order valence-electron chi connectivity index (χ1n) is 9.59. The number of carbonyl (C=O) groups is 2. The van der Waals surface area contributed by atoms with Gasteiger partial charge in [0.25, 0.3) is 11.8 Å². The first kappa shape index (κ1) is 20.0. The van der Waals surface area contributed by atoms with Crippen LogP contribution in [0.5, 0.6) is 0 Å². The molecule has 0 spiro atoms. The van der Waals surface area contributed by atoms with E-state index in [0.29, 0.717) is 16.8 Å². The summed E-state index contributed by atoms with van der Waals surface area (Å²) in [5.74, 6) is -1.58. The lowest BCUT2D eigenvalue weighted by atomic mass is 10.1. The highest BCUT2D eigenvalue weighted by Gasteiger charge is 2.17. The number of anilines is 1. The summed E-state index contributed by atoms with van der Waals surface area (Å²) >= 11 is 0. The number of hydrogen-bond acceptors (Lipinski definition) is 3. The second-order valence-electron chi connectivity index (χ2n) is 6.73. The summed E-state index contributed by atoms with van der Waals surface area (Å²) in [6.45, 7) is 0. The summed E-state index contributed by atoms with van der Waals surface area (Å²) in [6.07, 6.45) is 2.94. The molecule has 2 N–H and O–H groups in total. The van der Waals surface area contributed by atoms with Gasteiger partial charge < -0.3 is 10.6 Å². The van der Waals surface area contributed by atoms with Gasteiger partial charge in [-0.1, -0.05) is 54.6 Å². The Bertz CT molecular complexity index is 1280. The highest BCUT2D eigenvalue weighted by Crippen LogP contribution is 2.21. The SMILES string of the molecule is O=C(Nc1cccc2cccnc12)/C(=C\c1ccccc1F)NC(=O)c1ccccc1. The Kier molecular flexibility index (Phi) is 5.80. The van der Waals surface area contributed by atoms with Crippen LogP contribution in [0.25, 0.3) is 17.0 Å². The molecule has 0 bridgehead atoms. The maximum Gasteiger partial charge on any atom is 0.272 e. The van der Waals surface area contributed by atoms with Crippen molar-refractivity contribution in [2.24, 2.45) is 0 Å². The molecule has 0 saturated carbocycles. The topological polar surface area (TPSA) is 71.1 Å². The molecule has 0 fully saturated rings. The minimum absolute atomic E-state index is 0.0908. The van der Waals surface area contributed by atoms with Crippen LogP contribution in [-0.4, -0.2) is 16.8 Å². The van der Waals surface area contributed by atoms with E-state index in [4.69, 9.17) is 0 Å². The standard InChI is InChI=1S/C25H18FN3O2/c26-20-13-5-4-10-19(20)16-22(29-24(30)18-8-2-1-3-9-18)25(31)28-21-14-6-11-17-12-7-15-27-23(17)21/h1-16H,(H,28,31)(H,29,30)/b22-16+. The van der Waals surface area contributed by atoms with Gasteiger partial charge in [0.2, 0.25) is 0 Å². The number of hydrogen-bond donors (Lipinski definition) is 2. The normalized spacial score (nSPS) is 11.2. The number of aromatic nitrogens is 1. The van der Waals surface area contributed by atoms with Gasteiger partial charge in [-0.3, -0.25) is 14.6 Å². The summed E-state index contributed by atoms with van der Waals surface area (Å²) in [6, 6.07) is 23.6. The van der Waals surface area contributed by atoms with Gasteiger partial charge in [-0.2, -0.15) is 0 Å². The molecule has 2 amide bonds. The summed E-state index contributed by atoms with van der Waals surface area (Å²) < 4.78 is 14.2. The molecule has 5 nitrogen and oxygen atoms in total. The third kappa shape index (κ3) is 4.64. The largest absolute Gasteiger partial charge is 0.319 e. The average Bonchev–Trinajstić information content (AvgIpc) is 2.80. The molecule has 0 unspecified atom stereocenters. The van der Waals surface area contributed by atoms with Crippen molar-refractivity contribution in [3.05, 3.63) is 114 Å². The highest BCUT2D eigenvalue weighted by atomic mass is 19.1. The Labute approximate surface area is 178 Å². The Morgan fingerprint density at radius 3 is 2.39 bits per heavy atom. The van der Waals surface area contributed by atoms with E-state index in [1.165, 1.54) is 18.2 Å². The van der Waals surface area contributed by atoms with E-state index in [9.17, 15) is 14.0 Å². The van der Waals surface area contributed by atoms with Gasteiger partial charge in [-0.05, 0) is 36.4 Å². The number of nitrogens with zero attached hydrogens (tertiary/aromatic N) is 1. The van der Waals surface area contributed by atoms with E-state index in [1.54, 1.807) is 66.9 Å². The fourth-order valence-electron chi connectivity index (χ4n) is 3.08. The van der Waals surface area contributed by atoms with Gasteiger partial charge >= 0.3 is 0 Å². The van der Waals surface area contributed by atoms with Crippen molar-refractivity contribution in [3.63, 3.8) is 0 Å². The Balaban J connectivity index is 1.68. The lowest BCUT2D eigenvalue weighted by molar-refractivity contribution is -0.113. The van der Waals surface area contributed by atoms with Gasteiger partial charge in [0.15, 0.2) is 0 Å². The summed E-state index contributed by atoms with van der Waals surface area (Å²) in [5.41, 5.74) is 1.56. The number of carbonyl (C=O) groups excluding carboxylic acids is 2. The quantitative estimate of drug-likeness (QED) is 0.464. The predicted molar refractivity (Wildman–Crippen MR) is 119 cm³/mol. The van der Waals surface area contributed by atoms with Crippen LogP contribution in [-0.2, 0) is 4.79 Å². The number of pyridine rings is 1. The van der Waals surface area contributed by atoms with E-state index in [2.05, 4.69) is 15.6 Å². The predicted octanol–water partition coefficient (Wildman–Crippen LogP) is 4.78. The molecule has 0 saturated heterocycles. The zero-order valence-electron chi connectivity index (χ0n) is 16.4. The molecule has 1 aromatic heterocycles. The van der Waals surface area contributed by atoms with Crippen LogP contribution >= 0.6 is 0 Å². The van der Waals surface area contributed by atoms with E-state index >= 15 is 0 Å². The first-order chi connectivity index (χ1) is 15.1. The third-order valence-electron chi connectivity index (χ3n) is 4.61. The molecule has 0 aliphatic carbocycles. The van der Waals surface area contributed by atoms with Gasteiger partial charge in [-0.25, -0.2) is 4.39 Å². The fraction of sp³-hybridized carbons (Fsp3) is 0. The van der Waals surface area contributed by atoms with Crippen LogP contribution in [0.4, 0.5) is 10.1 Å². The van der Waals surface area contributed by atoms with Gasteiger partial charge in [0, 0.05) is 22.7 Å². The van der Waals surface area contributed by atoms with Gasteiger partial charge in [0.1, 0.15) is 11.5 Å². The van der Waals surface area contributed by atoms with Crippen molar-refractivity contribution < 1.29 is 14.0 Å². The van der Waals surface area contributed by atoms with Crippen molar-refractivity contribution in [1.29, 1.82) is 0 Å². The maximum atomic E-state index is 14.2. The summed E-state index contributed by atoms with van der Waals surface area (Å²) in [7, 11) is 0. The van der Waals surface area contributed by atoms with Crippen molar-refractivity contribution in [2.75, 3.05) is 5.32 Å². The van der Waals surface area contributed by atoms with E-state index in [-0.39, 0.29) is 11.3 Å². The minimum atomic E-state index is -0.592. The molecular formula is C25H18FN3O2. The summed E-state index contributed by atoms with van der Waals surface area (Å²) in [5, 5.41) is 6.23. The highest BCUT2D eigenvalue weighted by molar-refractivity contribution is 6.12. The van der Waals surface area contributed by atoms with E-state index in [1.807, 2.05) is 12.1 Å². The number of fused-ring (bicyclic) bond motifs is 1. The molecule has 1 heterocycles. The van der Waals surface area contributed by atoms with Crippen LogP contribution in [0.2, 0.25) is 0 Å². The number of para-hydroxylation sites is 1. The number of amides is 2. The van der Waals surface area contributed by atoms with Gasteiger partial charge in [-0.15, -0.1) is 0 Å². The Morgan fingerprint density at radius 1 is 0.839 bits per heavy atom. The number of rotatable bonds is 5. The zero-order valence-corrected chi connectivity index (χ0v) is 16.4. The van der Waals surface area contributed by atoms with Crippen molar-refractivity contribution in [2.45, 2.75) is 0 Å². The van der Waals surface area contributed by atoms with Crippen molar-refractivity contribution >= 4 is 34.5 Å².